The number of hydrogen-bond donors (Lipinski definition) is 0. The third-order valence-electron chi connectivity index (χ3n) is 3.19. The number of rotatable bonds is 3. The zero-order valence-corrected chi connectivity index (χ0v) is 10.3. The molecule has 1 aromatic carbocycles. The van der Waals surface area contributed by atoms with Gasteiger partial charge in [0.05, 0.1) is 5.56 Å². The van der Waals surface area contributed by atoms with Gasteiger partial charge in [0, 0.05) is 18.7 Å². The number of carbonyl (C=O) groups is 1. The molecule has 1 aliphatic rings. The summed E-state index contributed by atoms with van der Waals surface area (Å²) in [6.45, 7) is 4.07. The first kappa shape index (κ1) is 13.6. The molecule has 1 aromatic rings. The summed E-state index contributed by atoms with van der Waals surface area (Å²) in [6.07, 6.45) is -1.60. The molecule has 0 spiro atoms. The molecule has 0 aliphatic carbocycles. The number of halogens is 3. The van der Waals surface area contributed by atoms with Gasteiger partial charge < -0.3 is 4.90 Å². The molecule has 1 amide bonds. The van der Waals surface area contributed by atoms with Crippen molar-refractivity contribution in [3.05, 3.63) is 42.5 Å². The van der Waals surface area contributed by atoms with Gasteiger partial charge in [0.2, 0.25) is 5.91 Å². The van der Waals surface area contributed by atoms with Crippen LogP contribution in [0.25, 0.3) is 0 Å². The van der Waals surface area contributed by atoms with E-state index in [1.165, 1.54) is 17.0 Å². The Morgan fingerprint density at radius 2 is 2.16 bits per heavy atom. The molecule has 1 unspecified atom stereocenters. The molecule has 2 rings (SSSR count). The first-order valence-corrected chi connectivity index (χ1v) is 6.00. The lowest BCUT2D eigenvalue weighted by molar-refractivity contribution is -0.137. The molecule has 0 N–H and O–H groups in total. The van der Waals surface area contributed by atoms with Crippen molar-refractivity contribution < 1.29 is 18.0 Å². The van der Waals surface area contributed by atoms with Gasteiger partial charge in [0.15, 0.2) is 0 Å². The first-order valence-electron chi connectivity index (χ1n) is 6.00. The minimum atomic E-state index is -4.39. The summed E-state index contributed by atoms with van der Waals surface area (Å²) in [5, 5.41) is 0. The summed E-state index contributed by atoms with van der Waals surface area (Å²) in [5.74, 6) is 0.00529. The SMILES string of the molecule is C=CCC1CC(=O)N(c2cccc(C(F)(F)F)c2)C1. The van der Waals surface area contributed by atoms with Crippen LogP contribution in [-0.4, -0.2) is 12.5 Å². The maximum absolute atomic E-state index is 12.6. The first-order chi connectivity index (χ1) is 8.91. The number of nitrogens with zero attached hydrogens (tertiary/aromatic N) is 1. The van der Waals surface area contributed by atoms with E-state index in [1.807, 2.05) is 0 Å². The lowest BCUT2D eigenvalue weighted by Gasteiger charge is -2.18. The third kappa shape index (κ3) is 2.97. The van der Waals surface area contributed by atoms with Crippen LogP contribution in [0.15, 0.2) is 36.9 Å². The van der Waals surface area contributed by atoms with Crippen molar-refractivity contribution in [3.8, 4) is 0 Å². The van der Waals surface area contributed by atoms with E-state index in [-0.39, 0.29) is 11.8 Å². The highest BCUT2D eigenvalue weighted by atomic mass is 19.4. The number of carbonyl (C=O) groups excluding carboxylic acids is 1. The zero-order valence-electron chi connectivity index (χ0n) is 10.3. The molecule has 1 saturated heterocycles. The van der Waals surface area contributed by atoms with Crippen LogP contribution in [0, 0.1) is 5.92 Å². The van der Waals surface area contributed by atoms with Crippen molar-refractivity contribution in [3.63, 3.8) is 0 Å². The molecular weight excluding hydrogens is 255 g/mol. The maximum atomic E-state index is 12.6. The Morgan fingerprint density at radius 3 is 2.79 bits per heavy atom. The molecule has 1 aliphatic heterocycles. The molecule has 1 heterocycles. The Labute approximate surface area is 109 Å². The summed E-state index contributed by atoms with van der Waals surface area (Å²) in [7, 11) is 0. The fraction of sp³-hybridized carbons (Fsp3) is 0.357. The molecule has 0 saturated carbocycles. The van der Waals surface area contributed by atoms with Gasteiger partial charge in [0.25, 0.3) is 0 Å². The topological polar surface area (TPSA) is 20.3 Å². The minimum Gasteiger partial charge on any atom is -0.312 e. The lowest BCUT2D eigenvalue weighted by Crippen LogP contribution is -2.24. The predicted octanol–water partition coefficient (Wildman–Crippen LogP) is 3.63. The van der Waals surface area contributed by atoms with Crippen LogP contribution in [0.2, 0.25) is 0 Å². The van der Waals surface area contributed by atoms with E-state index in [0.717, 1.165) is 12.1 Å². The molecule has 1 atom stereocenters. The predicted molar refractivity (Wildman–Crippen MR) is 66.7 cm³/mol. The van der Waals surface area contributed by atoms with Gasteiger partial charge in [-0.3, -0.25) is 4.79 Å². The van der Waals surface area contributed by atoms with Gasteiger partial charge in [-0.1, -0.05) is 12.1 Å². The molecule has 2 nitrogen and oxygen atoms in total. The van der Waals surface area contributed by atoms with E-state index in [9.17, 15) is 18.0 Å². The van der Waals surface area contributed by atoms with E-state index in [2.05, 4.69) is 6.58 Å². The number of allylic oxidation sites excluding steroid dienone is 1. The summed E-state index contributed by atoms with van der Waals surface area (Å²) in [4.78, 5) is 13.3. The van der Waals surface area contributed by atoms with Gasteiger partial charge in [-0.15, -0.1) is 6.58 Å². The Kier molecular flexibility index (Phi) is 3.64. The van der Waals surface area contributed by atoms with Crippen molar-refractivity contribution in [2.75, 3.05) is 11.4 Å². The molecule has 0 radical (unpaired) electrons. The molecular formula is C14H14F3NO. The zero-order chi connectivity index (χ0) is 14.0. The Balaban J connectivity index is 2.23. The number of amides is 1. The summed E-state index contributed by atoms with van der Waals surface area (Å²) < 4.78 is 37.9. The van der Waals surface area contributed by atoms with Gasteiger partial charge in [-0.2, -0.15) is 13.2 Å². The number of alkyl halides is 3. The average molecular weight is 269 g/mol. The van der Waals surface area contributed by atoms with Crippen LogP contribution >= 0.6 is 0 Å². The summed E-state index contributed by atoms with van der Waals surface area (Å²) >= 11 is 0. The van der Waals surface area contributed by atoms with E-state index in [4.69, 9.17) is 0 Å². The van der Waals surface area contributed by atoms with Crippen LogP contribution in [0.3, 0.4) is 0 Å². The van der Waals surface area contributed by atoms with Crippen molar-refractivity contribution in [2.24, 2.45) is 5.92 Å². The molecule has 102 valence electrons. The average Bonchev–Trinajstić information content (AvgIpc) is 2.70. The van der Waals surface area contributed by atoms with Crippen LogP contribution in [0.4, 0.5) is 18.9 Å². The minimum absolute atomic E-state index is 0.133. The number of anilines is 1. The van der Waals surface area contributed by atoms with E-state index >= 15 is 0 Å². The molecule has 0 bridgehead atoms. The standard InChI is InChI=1S/C14H14F3NO/c1-2-4-10-7-13(19)18(9-10)12-6-3-5-11(8-12)14(15,16)17/h2-3,5-6,8,10H,1,4,7,9H2. The van der Waals surface area contributed by atoms with E-state index in [1.54, 1.807) is 6.08 Å². The normalized spacial score (nSPS) is 19.8. The Morgan fingerprint density at radius 1 is 1.42 bits per heavy atom. The Hall–Kier alpha value is -1.78. The van der Waals surface area contributed by atoms with E-state index in [0.29, 0.717) is 25.1 Å². The Bertz CT molecular complexity index is 496. The monoisotopic (exact) mass is 269 g/mol. The number of benzene rings is 1. The van der Waals surface area contributed by atoms with Crippen LogP contribution < -0.4 is 4.90 Å². The highest BCUT2D eigenvalue weighted by molar-refractivity contribution is 5.95. The summed E-state index contributed by atoms with van der Waals surface area (Å²) in [5.41, 5.74) is -0.420. The molecule has 0 aromatic heterocycles. The van der Waals surface area contributed by atoms with Crippen molar-refractivity contribution in [1.82, 2.24) is 0 Å². The van der Waals surface area contributed by atoms with Crippen molar-refractivity contribution in [2.45, 2.75) is 19.0 Å². The summed E-state index contributed by atoms with van der Waals surface area (Å²) in [6, 6.07) is 4.88. The van der Waals surface area contributed by atoms with Crippen molar-refractivity contribution in [1.29, 1.82) is 0 Å². The highest BCUT2D eigenvalue weighted by Crippen LogP contribution is 2.33. The fourth-order valence-electron chi connectivity index (χ4n) is 2.27. The smallest absolute Gasteiger partial charge is 0.312 e. The van der Waals surface area contributed by atoms with Gasteiger partial charge >= 0.3 is 6.18 Å². The number of hydrogen-bond acceptors (Lipinski definition) is 1. The third-order valence-corrected chi connectivity index (χ3v) is 3.19. The second kappa shape index (κ2) is 5.07. The quantitative estimate of drug-likeness (QED) is 0.767. The molecule has 1 fully saturated rings. The van der Waals surface area contributed by atoms with Gasteiger partial charge in [-0.05, 0) is 30.5 Å². The largest absolute Gasteiger partial charge is 0.416 e. The second-order valence-electron chi connectivity index (χ2n) is 4.65. The fourth-order valence-corrected chi connectivity index (χ4v) is 2.27. The van der Waals surface area contributed by atoms with Crippen molar-refractivity contribution >= 4 is 11.6 Å². The highest BCUT2D eigenvalue weighted by Gasteiger charge is 2.33. The van der Waals surface area contributed by atoms with Crippen LogP contribution in [-0.2, 0) is 11.0 Å². The lowest BCUT2D eigenvalue weighted by atomic mass is 10.1. The van der Waals surface area contributed by atoms with Gasteiger partial charge in [-0.25, -0.2) is 0 Å². The maximum Gasteiger partial charge on any atom is 0.416 e. The van der Waals surface area contributed by atoms with E-state index < -0.39 is 11.7 Å². The van der Waals surface area contributed by atoms with Gasteiger partial charge in [0.1, 0.15) is 0 Å². The van der Waals surface area contributed by atoms with Crippen LogP contribution in [0.1, 0.15) is 18.4 Å². The molecule has 5 heteroatoms. The molecule has 19 heavy (non-hydrogen) atoms. The van der Waals surface area contributed by atoms with Crippen LogP contribution in [0.5, 0.6) is 0 Å². The second-order valence-corrected chi connectivity index (χ2v) is 4.65.